The van der Waals surface area contributed by atoms with Gasteiger partial charge in [-0.3, -0.25) is 0 Å². The molecule has 20 heavy (non-hydrogen) atoms. The lowest BCUT2D eigenvalue weighted by Gasteiger charge is -2.09. The minimum atomic E-state index is -0.285. The van der Waals surface area contributed by atoms with E-state index in [2.05, 4.69) is 30.3 Å². The number of hydrogen-bond donors (Lipinski definition) is 1. The smallest absolute Gasteiger partial charge is 0.119 e. The van der Waals surface area contributed by atoms with Crippen molar-refractivity contribution in [2.45, 2.75) is 23.8 Å². The van der Waals surface area contributed by atoms with E-state index in [-0.39, 0.29) is 6.10 Å². The van der Waals surface area contributed by atoms with Gasteiger partial charge in [-0.1, -0.05) is 24.3 Å². The quantitative estimate of drug-likeness (QED) is 0.669. The van der Waals surface area contributed by atoms with Crippen LogP contribution in [0, 0.1) is 0 Å². The van der Waals surface area contributed by atoms with E-state index < -0.39 is 0 Å². The largest absolute Gasteiger partial charge is 0.493 e. The molecule has 1 atom stereocenters. The molecule has 2 aromatic carbocycles. The number of ether oxygens (including phenoxy) is 1. The fraction of sp³-hybridized carbons (Fsp3) is 0.294. The van der Waals surface area contributed by atoms with Crippen LogP contribution in [0.25, 0.3) is 0 Å². The second-order valence-electron chi connectivity index (χ2n) is 4.93. The second-order valence-corrected chi connectivity index (χ2v) is 6.09. The molecule has 0 heterocycles. The molecule has 1 N–H and O–H groups in total. The van der Waals surface area contributed by atoms with Crippen molar-refractivity contribution >= 4 is 11.8 Å². The summed E-state index contributed by atoms with van der Waals surface area (Å²) in [4.78, 5) is 1.27. The van der Waals surface area contributed by atoms with Crippen LogP contribution in [-0.2, 0) is 6.42 Å². The van der Waals surface area contributed by atoms with Gasteiger partial charge in [-0.25, -0.2) is 0 Å². The van der Waals surface area contributed by atoms with Gasteiger partial charge in [-0.2, -0.15) is 0 Å². The third kappa shape index (κ3) is 3.17. The highest BCUT2D eigenvalue weighted by molar-refractivity contribution is 7.99. The topological polar surface area (TPSA) is 29.5 Å². The van der Waals surface area contributed by atoms with Gasteiger partial charge in [-0.15, -0.1) is 11.8 Å². The fourth-order valence-corrected chi connectivity index (χ4v) is 3.25. The van der Waals surface area contributed by atoms with Crippen LogP contribution in [-0.4, -0.2) is 17.5 Å². The van der Waals surface area contributed by atoms with Gasteiger partial charge < -0.3 is 9.84 Å². The molecule has 1 aliphatic rings. The Balaban J connectivity index is 1.50. The zero-order valence-corrected chi connectivity index (χ0v) is 12.1. The van der Waals surface area contributed by atoms with Crippen LogP contribution < -0.4 is 4.74 Å². The first-order valence-electron chi connectivity index (χ1n) is 6.94. The summed E-state index contributed by atoms with van der Waals surface area (Å²) in [7, 11) is 0. The molecular weight excluding hydrogens is 268 g/mol. The Morgan fingerprint density at radius 1 is 1.15 bits per heavy atom. The highest BCUT2D eigenvalue weighted by Gasteiger charge is 2.20. The molecule has 0 amide bonds. The van der Waals surface area contributed by atoms with Gasteiger partial charge in [0.2, 0.25) is 0 Å². The fourth-order valence-electron chi connectivity index (χ4n) is 2.50. The maximum atomic E-state index is 9.77. The molecule has 0 aromatic heterocycles. The predicted molar refractivity (Wildman–Crippen MR) is 82.4 cm³/mol. The normalized spacial score (nSPS) is 16.9. The molecule has 0 unspecified atom stereocenters. The first kappa shape index (κ1) is 13.5. The third-order valence-electron chi connectivity index (χ3n) is 3.52. The van der Waals surface area contributed by atoms with Crippen LogP contribution in [0.5, 0.6) is 5.75 Å². The number of thioether (sulfide) groups is 1. The minimum Gasteiger partial charge on any atom is -0.493 e. The summed E-state index contributed by atoms with van der Waals surface area (Å²) < 4.78 is 5.79. The minimum absolute atomic E-state index is 0.285. The number of aryl methyl sites for hydroxylation is 1. The van der Waals surface area contributed by atoms with Crippen LogP contribution in [0.3, 0.4) is 0 Å². The molecule has 0 fully saturated rings. The molecule has 3 rings (SSSR count). The summed E-state index contributed by atoms with van der Waals surface area (Å²) in [5.74, 6) is 1.84. The molecular formula is C17H18O2S. The van der Waals surface area contributed by atoms with Gasteiger partial charge >= 0.3 is 0 Å². The average Bonchev–Trinajstić information content (AvgIpc) is 2.86. The molecule has 0 saturated heterocycles. The van der Waals surface area contributed by atoms with Gasteiger partial charge in [-0.05, 0) is 48.2 Å². The number of benzene rings is 2. The lowest BCUT2D eigenvalue weighted by molar-refractivity contribution is 0.180. The monoisotopic (exact) mass is 286 g/mol. The summed E-state index contributed by atoms with van der Waals surface area (Å²) >= 11 is 1.80. The van der Waals surface area contributed by atoms with Gasteiger partial charge in [0.15, 0.2) is 0 Å². The zero-order chi connectivity index (χ0) is 13.8. The Kier molecular flexibility index (Phi) is 4.28. The van der Waals surface area contributed by atoms with Crippen molar-refractivity contribution in [3.05, 3.63) is 59.7 Å². The van der Waals surface area contributed by atoms with E-state index in [1.54, 1.807) is 11.8 Å². The van der Waals surface area contributed by atoms with Crippen LogP contribution in [0.15, 0.2) is 53.4 Å². The molecule has 0 aliphatic heterocycles. The standard InChI is InChI=1S/C17H18O2S/c18-17-9-6-13-12-14(7-8-16(13)17)19-10-11-20-15-4-2-1-3-5-15/h1-5,7-8,12,17-18H,6,9-11H2/t17-/m0/s1. The molecule has 0 saturated carbocycles. The summed E-state index contributed by atoms with van der Waals surface area (Å²) in [5, 5.41) is 9.77. The summed E-state index contributed by atoms with van der Waals surface area (Å²) in [5.41, 5.74) is 2.29. The Hall–Kier alpha value is -1.45. The second kappa shape index (κ2) is 6.33. The molecule has 0 bridgehead atoms. The zero-order valence-electron chi connectivity index (χ0n) is 11.3. The molecule has 3 heteroatoms. The lowest BCUT2D eigenvalue weighted by Crippen LogP contribution is -2.00. The Morgan fingerprint density at radius 2 is 2.00 bits per heavy atom. The molecule has 0 radical (unpaired) electrons. The van der Waals surface area contributed by atoms with Crippen molar-refractivity contribution in [1.29, 1.82) is 0 Å². The Labute approximate surface area is 123 Å². The highest BCUT2D eigenvalue weighted by atomic mass is 32.2. The van der Waals surface area contributed by atoms with Crippen LogP contribution in [0.1, 0.15) is 23.7 Å². The molecule has 1 aliphatic carbocycles. The molecule has 2 aromatic rings. The van der Waals surface area contributed by atoms with E-state index in [1.165, 1.54) is 10.5 Å². The van der Waals surface area contributed by atoms with Crippen molar-refractivity contribution in [3.63, 3.8) is 0 Å². The van der Waals surface area contributed by atoms with Crippen molar-refractivity contribution in [2.75, 3.05) is 12.4 Å². The predicted octanol–water partition coefficient (Wildman–Crippen LogP) is 3.84. The van der Waals surface area contributed by atoms with Crippen molar-refractivity contribution < 1.29 is 9.84 Å². The number of aliphatic hydroxyl groups excluding tert-OH is 1. The average molecular weight is 286 g/mol. The Bertz CT molecular complexity index is 568. The summed E-state index contributed by atoms with van der Waals surface area (Å²) in [6.07, 6.45) is 1.50. The molecule has 0 spiro atoms. The number of rotatable bonds is 5. The number of aliphatic hydroxyl groups is 1. The van der Waals surface area contributed by atoms with Gasteiger partial charge in [0.1, 0.15) is 5.75 Å². The summed E-state index contributed by atoms with van der Waals surface area (Å²) in [6, 6.07) is 16.4. The van der Waals surface area contributed by atoms with Crippen LogP contribution >= 0.6 is 11.8 Å². The van der Waals surface area contributed by atoms with E-state index >= 15 is 0 Å². The van der Waals surface area contributed by atoms with E-state index in [4.69, 9.17) is 4.74 Å². The number of hydrogen-bond acceptors (Lipinski definition) is 3. The molecule has 2 nitrogen and oxygen atoms in total. The van der Waals surface area contributed by atoms with Gasteiger partial charge in [0.25, 0.3) is 0 Å². The maximum absolute atomic E-state index is 9.77. The third-order valence-corrected chi connectivity index (χ3v) is 4.50. The van der Waals surface area contributed by atoms with Crippen molar-refractivity contribution in [1.82, 2.24) is 0 Å². The first-order valence-corrected chi connectivity index (χ1v) is 7.93. The number of fused-ring (bicyclic) bond motifs is 1. The van der Waals surface area contributed by atoms with E-state index in [9.17, 15) is 5.11 Å². The lowest BCUT2D eigenvalue weighted by atomic mass is 10.1. The van der Waals surface area contributed by atoms with Crippen LogP contribution in [0.4, 0.5) is 0 Å². The van der Waals surface area contributed by atoms with Crippen molar-refractivity contribution in [2.24, 2.45) is 0 Å². The van der Waals surface area contributed by atoms with Crippen LogP contribution in [0.2, 0.25) is 0 Å². The van der Waals surface area contributed by atoms with E-state index in [1.807, 2.05) is 18.2 Å². The van der Waals surface area contributed by atoms with Gasteiger partial charge in [0.05, 0.1) is 12.7 Å². The summed E-state index contributed by atoms with van der Waals surface area (Å²) in [6.45, 7) is 0.695. The first-order chi connectivity index (χ1) is 9.83. The maximum Gasteiger partial charge on any atom is 0.119 e. The Morgan fingerprint density at radius 3 is 2.85 bits per heavy atom. The SMILES string of the molecule is O[C@H]1CCc2cc(OCCSc3ccccc3)ccc21. The molecule has 104 valence electrons. The van der Waals surface area contributed by atoms with Crippen molar-refractivity contribution in [3.8, 4) is 5.75 Å². The highest BCUT2D eigenvalue weighted by Crippen LogP contribution is 2.33. The van der Waals surface area contributed by atoms with E-state index in [0.29, 0.717) is 6.61 Å². The van der Waals surface area contributed by atoms with E-state index in [0.717, 1.165) is 29.9 Å². The van der Waals surface area contributed by atoms with Gasteiger partial charge in [0, 0.05) is 10.6 Å².